The van der Waals surface area contributed by atoms with E-state index in [1.807, 2.05) is 0 Å². The Balaban J connectivity index is 0.000000284. The Bertz CT molecular complexity index is 323. The Labute approximate surface area is 119 Å². The third-order valence-corrected chi connectivity index (χ3v) is 6.15. The minimum Gasteiger partial charge on any atom is -0.214 e. The molecule has 0 unspecified atom stereocenters. The molecule has 94 valence electrons. The summed E-state index contributed by atoms with van der Waals surface area (Å²) in [7, 11) is -0.960. The van der Waals surface area contributed by atoms with Crippen molar-refractivity contribution in [3.8, 4) is 0 Å². The summed E-state index contributed by atoms with van der Waals surface area (Å²) in [5.41, 5.74) is 0. The minimum absolute atomic E-state index is 0. The first-order chi connectivity index (χ1) is 7.61. The molecule has 0 aliphatic carbocycles. The number of hydrogen-bond acceptors (Lipinski definition) is 0. The van der Waals surface area contributed by atoms with Gasteiger partial charge in [-0.15, -0.1) is 0 Å². The van der Waals surface area contributed by atoms with Crippen LogP contribution in [0.15, 0.2) is 48.5 Å². The Hall–Kier alpha value is -0.347. The van der Waals surface area contributed by atoms with Crippen molar-refractivity contribution in [1.82, 2.24) is 0 Å². The summed E-state index contributed by atoms with van der Waals surface area (Å²) < 4.78 is 0. The topological polar surface area (TPSA) is 0 Å². The monoisotopic (exact) mass is 302 g/mol. The first-order valence-corrected chi connectivity index (χ1v) is 11.8. The summed E-state index contributed by atoms with van der Waals surface area (Å²) in [6.07, 6.45) is 0. The molecule has 2 aromatic rings. The van der Waals surface area contributed by atoms with E-state index in [1.54, 1.807) is 10.4 Å². The fourth-order valence-corrected chi connectivity index (χ4v) is 3.53. The third kappa shape index (κ3) is 6.22. The molecule has 0 heterocycles. The maximum Gasteiger partial charge on any atom is 2.00 e. The van der Waals surface area contributed by atoms with Crippen LogP contribution in [0.3, 0.4) is 0 Å². The average molecular weight is 302 g/mol. The van der Waals surface area contributed by atoms with Crippen LogP contribution in [0.4, 0.5) is 0 Å². The summed E-state index contributed by atoms with van der Waals surface area (Å²) in [6, 6.07) is 17.3. The van der Waals surface area contributed by atoms with Gasteiger partial charge in [-0.2, -0.15) is 34.6 Å². The first kappa shape index (κ1) is 16.7. The van der Waals surface area contributed by atoms with E-state index in [4.69, 9.17) is 0 Å². The minimum atomic E-state index is -0.480. The van der Waals surface area contributed by atoms with E-state index in [2.05, 4.69) is 74.7 Å². The van der Waals surface area contributed by atoms with E-state index in [-0.39, 0.29) is 17.1 Å². The molecule has 0 saturated carbocycles. The van der Waals surface area contributed by atoms with Crippen molar-refractivity contribution in [3.05, 3.63) is 48.5 Å². The smallest absolute Gasteiger partial charge is 0.214 e. The summed E-state index contributed by atoms with van der Waals surface area (Å²) in [4.78, 5) is 0. The second-order valence-electron chi connectivity index (χ2n) is 4.75. The predicted molar refractivity (Wildman–Crippen MR) is 81.1 cm³/mol. The molecule has 0 aliphatic heterocycles. The fourth-order valence-electron chi connectivity index (χ4n) is 1.55. The first-order valence-electron chi connectivity index (χ1n) is 6.04. The molecule has 0 aromatic heterocycles. The van der Waals surface area contributed by atoms with Gasteiger partial charge in [0.1, 0.15) is 0 Å². The molecule has 3 heteroatoms. The van der Waals surface area contributed by atoms with Gasteiger partial charge in [0.25, 0.3) is 0 Å². The van der Waals surface area contributed by atoms with Crippen LogP contribution in [0, 0.1) is 0 Å². The van der Waals surface area contributed by atoms with Crippen LogP contribution < -0.4 is 10.4 Å². The zero-order valence-electron chi connectivity index (χ0n) is 11.1. The van der Waals surface area contributed by atoms with Gasteiger partial charge in [-0.1, -0.05) is 26.2 Å². The summed E-state index contributed by atoms with van der Waals surface area (Å²) in [6.45, 7) is 9.37. The molecular formula is C14H22FeSi2. The van der Waals surface area contributed by atoms with E-state index >= 15 is 0 Å². The van der Waals surface area contributed by atoms with Crippen molar-refractivity contribution in [2.75, 3.05) is 0 Å². The molecular weight excluding hydrogens is 280 g/mol. The van der Waals surface area contributed by atoms with Crippen LogP contribution >= 0.6 is 0 Å². The number of hydrogen-bond donors (Lipinski definition) is 0. The zero-order valence-corrected chi connectivity index (χ0v) is 14.5. The average Bonchev–Trinajstić information content (AvgIpc) is 2.93. The maximum atomic E-state index is 2.34. The molecule has 0 spiro atoms. The molecule has 0 bridgehead atoms. The summed E-state index contributed by atoms with van der Waals surface area (Å²) >= 11 is 0. The van der Waals surface area contributed by atoms with Gasteiger partial charge in [0.15, 0.2) is 0 Å². The van der Waals surface area contributed by atoms with Gasteiger partial charge in [0, 0.05) is 17.6 Å². The van der Waals surface area contributed by atoms with Crippen LogP contribution in [0.1, 0.15) is 0 Å². The Morgan fingerprint density at radius 1 is 0.588 bits per heavy atom. The van der Waals surface area contributed by atoms with Gasteiger partial charge in [0.05, 0.1) is 0 Å². The second-order valence-corrected chi connectivity index (χ2v) is 10.7. The maximum absolute atomic E-state index is 2.34. The molecule has 17 heavy (non-hydrogen) atoms. The van der Waals surface area contributed by atoms with Crippen LogP contribution in [0.5, 0.6) is 0 Å². The van der Waals surface area contributed by atoms with Crippen molar-refractivity contribution in [3.63, 3.8) is 0 Å². The Morgan fingerprint density at radius 2 is 0.824 bits per heavy atom. The van der Waals surface area contributed by atoms with Crippen LogP contribution in [-0.2, 0) is 17.1 Å². The number of rotatable bonds is 2. The van der Waals surface area contributed by atoms with E-state index in [1.165, 1.54) is 0 Å². The normalized spacial score (nSPS) is 9.76. The van der Waals surface area contributed by atoms with Gasteiger partial charge in [-0.25, -0.2) is 24.3 Å². The Morgan fingerprint density at radius 3 is 0.941 bits per heavy atom. The third-order valence-electron chi connectivity index (χ3n) is 2.71. The van der Waals surface area contributed by atoms with E-state index in [0.717, 1.165) is 0 Å². The standard InChI is InChI=1S/2C7H11Si.Fe/c2*1-8(2)7-5-3-4-6-7;/h2*3-6,8H,1-2H3;/q2*-1;+2. The largest absolute Gasteiger partial charge is 2.00 e. The van der Waals surface area contributed by atoms with Crippen LogP contribution in [-0.4, -0.2) is 17.6 Å². The molecule has 0 fully saturated rings. The Kier molecular flexibility index (Phi) is 8.52. The van der Waals surface area contributed by atoms with Gasteiger partial charge >= 0.3 is 17.1 Å². The van der Waals surface area contributed by atoms with Crippen molar-refractivity contribution in [1.29, 1.82) is 0 Å². The molecule has 0 amide bonds. The van der Waals surface area contributed by atoms with E-state index < -0.39 is 17.6 Å². The second kappa shape index (κ2) is 8.70. The van der Waals surface area contributed by atoms with E-state index in [0.29, 0.717) is 0 Å². The summed E-state index contributed by atoms with van der Waals surface area (Å²) in [5, 5.41) is 3.15. The molecule has 2 aromatic carbocycles. The van der Waals surface area contributed by atoms with Crippen molar-refractivity contribution in [2.24, 2.45) is 0 Å². The molecule has 0 N–H and O–H groups in total. The summed E-state index contributed by atoms with van der Waals surface area (Å²) in [5.74, 6) is 0. The van der Waals surface area contributed by atoms with Crippen molar-refractivity contribution >= 4 is 28.0 Å². The molecule has 0 nitrogen and oxygen atoms in total. The molecule has 0 radical (unpaired) electrons. The van der Waals surface area contributed by atoms with Gasteiger partial charge in [-0.05, 0) is 0 Å². The van der Waals surface area contributed by atoms with Crippen molar-refractivity contribution < 1.29 is 17.1 Å². The molecule has 0 aliphatic rings. The fraction of sp³-hybridized carbons (Fsp3) is 0.286. The SMILES string of the molecule is C[SiH](C)[c-]1cccc1.C[SiH](C)[c-]1cccc1.[Fe+2]. The van der Waals surface area contributed by atoms with Crippen molar-refractivity contribution in [2.45, 2.75) is 26.2 Å². The van der Waals surface area contributed by atoms with Crippen LogP contribution in [0.25, 0.3) is 0 Å². The van der Waals surface area contributed by atoms with Crippen LogP contribution in [0.2, 0.25) is 26.2 Å². The van der Waals surface area contributed by atoms with Gasteiger partial charge < -0.3 is 0 Å². The van der Waals surface area contributed by atoms with Gasteiger partial charge in [0.2, 0.25) is 0 Å². The predicted octanol–water partition coefficient (Wildman–Crippen LogP) is 2.20. The zero-order chi connectivity index (χ0) is 12.0. The van der Waals surface area contributed by atoms with E-state index in [9.17, 15) is 0 Å². The molecule has 2 rings (SSSR count). The quantitative estimate of drug-likeness (QED) is 0.589. The molecule has 0 atom stereocenters. The van der Waals surface area contributed by atoms with Gasteiger partial charge in [-0.3, -0.25) is 0 Å². The molecule has 0 saturated heterocycles.